The third kappa shape index (κ3) is 2.13. The molecule has 0 aliphatic carbocycles. The Morgan fingerprint density at radius 3 is 2.94 bits per heavy atom. The highest BCUT2D eigenvalue weighted by Crippen LogP contribution is 2.33. The molecule has 0 bridgehead atoms. The van der Waals surface area contributed by atoms with Gasteiger partial charge in [-0.05, 0) is 18.2 Å². The van der Waals surface area contributed by atoms with Crippen molar-refractivity contribution < 1.29 is 14.6 Å². The van der Waals surface area contributed by atoms with Gasteiger partial charge in [0.15, 0.2) is 0 Å². The summed E-state index contributed by atoms with van der Waals surface area (Å²) >= 11 is 0. The maximum absolute atomic E-state index is 10.6. The van der Waals surface area contributed by atoms with E-state index in [0.29, 0.717) is 22.6 Å². The zero-order valence-corrected chi connectivity index (χ0v) is 9.80. The molecule has 2 aromatic rings. The van der Waals surface area contributed by atoms with E-state index in [9.17, 15) is 4.79 Å². The Hall–Kier alpha value is -2.50. The van der Waals surface area contributed by atoms with Crippen LogP contribution in [-0.4, -0.2) is 29.7 Å². The van der Waals surface area contributed by atoms with Gasteiger partial charge in [0, 0.05) is 17.3 Å². The van der Waals surface area contributed by atoms with Gasteiger partial charge < -0.3 is 20.9 Å². The molecule has 94 valence electrons. The van der Waals surface area contributed by atoms with E-state index in [1.165, 1.54) is 0 Å². The van der Waals surface area contributed by atoms with Crippen molar-refractivity contribution in [3.8, 4) is 5.75 Å². The van der Waals surface area contributed by atoms with Crippen LogP contribution >= 0.6 is 0 Å². The summed E-state index contributed by atoms with van der Waals surface area (Å²) in [5, 5.41) is 12.9. The van der Waals surface area contributed by atoms with Crippen molar-refractivity contribution in [2.24, 2.45) is 0 Å². The van der Waals surface area contributed by atoms with Crippen molar-refractivity contribution >= 4 is 28.2 Å². The fourth-order valence-electron chi connectivity index (χ4n) is 1.77. The third-order valence-electron chi connectivity index (χ3n) is 2.55. The highest BCUT2D eigenvalue weighted by atomic mass is 16.5. The number of pyridine rings is 1. The molecular weight excluding hydrogens is 234 g/mol. The van der Waals surface area contributed by atoms with E-state index in [-0.39, 0.29) is 6.54 Å². The van der Waals surface area contributed by atoms with Crippen LogP contribution in [0.3, 0.4) is 0 Å². The molecule has 2 rings (SSSR count). The lowest BCUT2D eigenvalue weighted by atomic mass is 10.1. The van der Waals surface area contributed by atoms with Crippen LogP contribution in [0.15, 0.2) is 24.4 Å². The maximum Gasteiger partial charge on any atom is 0.322 e. The molecule has 0 aliphatic heterocycles. The number of methoxy groups -OCH3 is 1. The Labute approximate surface area is 103 Å². The zero-order valence-electron chi connectivity index (χ0n) is 9.80. The molecule has 0 aliphatic rings. The summed E-state index contributed by atoms with van der Waals surface area (Å²) in [7, 11) is 1.57. The average molecular weight is 247 g/mol. The predicted octanol–water partition coefficient (Wildman–Crippen LogP) is 1.32. The van der Waals surface area contributed by atoms with Gasteiger partial charge in [0.05, 0.1) is 12.5 Å². The number of nitrogens with one attached hydrogen (secondary N) is 1. The first-order valence-electron chi connectivity index (χ1n) is 5.30. The summed E-state index contributed by atoms with van der Waals surface area (Å²) in [5.74, 6) is 0.140. The molecular formula is C12H13N3O3. The number of anilines is 2. The molecule has 4 N–H and O–H groups in total. The fourth-order valence-corrected chi connectivity index (χ4v) is 1.77. The van der Waals surface area contributed by atoms with E-state index in [1.807, 2.05) is 0 Å². The smallest absolute Gasteiger partial charge is 0.322 e. The number of carboxylic acids is 1. The second kappa shape index (κ2) is 4.79. The molecule has 1 heterocycles. The number of carbonyl (C=O) groups is 1. The number of fused-ring (bicyclic) bond motifs is 1. The first-order chi connectivity index (χ1) is 8.63. The number of carboxylic acid groups (broad SMARTS) is 1. The lowest BCUT2D eigenvalue weighted by Crippen LogP contribution is -2.13. The molecule has 6 heteroatoms. The number of hydrogen-bond donors (Lipinski definition) is 3. The SMILES string of the molecule is COc1ccc(N)c2c(NCC(=O)O)nccc12. The number of ether oxygens (including phenoxy) is 1. The van der Waals surface area contributed by atoms with Gasteiger partial charge in [0.2, 0.25) is 0 Å². The largest absolute Gasteiger partial charge is 0.496 e. The van der Waals surface area contributed by atoms with Crippen molar-refractivity contribution in [3.05, 3.63) is 24.4 Å². The number of nitrogens with zero attached hydrogens (tertiary/aromatic N) is 1. The first kappa shape index (κ1) is 12.0. The van der Waals surface area contributed by atoms with E-state index in [1.54, 1.807) is 31.5 Å². The van der Waals surface area contributed by atoms with Crippen molar-refractivity contribution in [2.45, 2.75) is 0 Å². The van der Waals surface area contributed by atoms with Gasteiger partial charge in [-0.15, -0.1) is 0 Å². The Morgan fingerprint density at radius 1 is 1.50 bits per heavy atom. The van der Waals surface area contributed by atoms with Gasteiger partial charge in [-0.25, -0.2) is 4.98 Å². The summed E-state index contributed by atoms with van der Waals surface area (Å²) in [6, 6.07) is 5.24. The molecule has 1 aromatic carbocycles. The number of nitrogens with two attached hydrogens (primary N) is 1. The lowest BCUT2D eigenvalue weighted by Gasteiger charge is -2.11. The minimum Gasteiger partial charge on any atom is -0.496 e. The molecule has 0 unspecified atom stereocenters. The molecule has 0 fully saturated rings. The summed E-state index contributed by atoms with van der Waals surface area (Å²) in [5.41, 5.74) is 6.42. The molecule has 0 atom stereocenters. The van der Waals surface area contributed by atoms with Gasteiger partial charge in [-0.1, -0.05) is 0 Å². The van der Waals surface area contributed by atoms with Gasteiger partial charge in [0.1, 0.15) is 18.1 Å². The normalized spacial score (nSPS) is 10.3. The van der Waals surface area contributed by atoms with E-state index >= 15 is 0 Å². The minimum absolute atomic E-state index is 0.219. The third-order valence-corrected chi connectivity index (χ3v) is 2.55. The average Bonchev–Trinajstić information content (AvgIpc) is 2.36. The molecule has 6 nitrogen and oxygen atoms in total. The summed E-state index contributed by atoms with van der Waals surface area (Å²) in [6.07, 6.45) is 1.58. The van der Waals surface area contributed by atoms with Crippen LogP contribution in [0.1, 0.15) is 0 Å². The number of aliphatic carboxylic acids is 1. The lowest BCUT2D eigenvalue weighted by molar-refractivity contribution is -0.134. The van der Waals surface area contributed by atoms with Gasteiger partial charge >= 0.3 is 5.97 Å². The van der Waals surface area contributed by atoms with Crippen molar-refractivity contribution in [1.29, 1.82) is 0 Å². The van der Waals surface area contributed by atoms with Crippen LogP contribution in [-0.2, 0) is 4.79 Å². The Balaban J connectivity index is 2.57. The standard InChI is InChI=1S/C12H13N3O3/c1-18-9-3-2-8(13)11-7(9)4-5-14-12(11)15-6-10(16)17/h2-5H,6,13H2,1H3,(H,14,15)(H,16,17). The molecule has 1 aromatic heterocycles. The molecule has 0 radical (unpaired) electrons. The number of hydrogen-bond acceptors (Lipinski definition) is 5. The van der Waals surface area contributed by atoms with E-state index in [2.05, 4.69) is 10.3 Å². The number of nitrogen functional groups attached to an aromatic ring is 1. The molecule has 0 amide bonds. The van der Waals surface area contributed by atoms with Gasteiger partial charge in [-0.3, -0.25) is 4.79 Å². The van der Waals surface area contributed by atoms with Crippen molar-refractivity contribution in [3.63, 3.8) is 0 Å². The Morgan fingerprint density at radius 2 is 2.28 bits per heavy atom. The maximum atomic E-state index is 10.6. The van der Waals surface area contributed by atoms with Gasteiger partial charge in [0.25, 0.3) is 0 Å². The Bertz CT molecular complexity index is 598. The van der Waals surface area contributed by atoms with Gasteiger partial charge in [-0.2, -0.15) is 0 Å². The highest BCUT2D eigenvalue weighted by Gasteiger charge is 2.10. The van der Waals surface area contributed by atoms with Crippen LogP contribution in [0.5, 0.6) is 5.75 Å². The van der Waals surface area contributed by atoms with Crippen LogP contribution in [0.2, 0.25) is 0 Å². The van der Waals surface area contributed by atoms with Crippen LogP contribution in [0, 0.1) is 0 Å². The van der Waals surface area contributed by atoms with Crippen LogP contribution in [0.25, 0.3) is 10.8 Å². The zero-order chi connectivity index (χ0) is 13.1. The molecule has 0 spiro atoms. The quantitative estimate of drug-likeness (QED) is 0.705. The Kier molecular flexibility index (Phi) is 3.18. The van der Waals surface area contributed by atoms with E-state index in [0.717, 1.165) is 5.39 Å². The van der Waals surface area contributed by atoms with Crippen molar-refractivity contribution in [1.82, 2.24) is 4.98 Å². The highest BCUT2D eigenvalue weighted by molar-refractivity contribution is 6.04. The van der Waals surface area contributed by atoms with Crippen LogP contribution in [0.4, 0.5) is 11.5 Å². The van der Waals surface area contributed by atoms with Crippen molar-refractivity contribution in [2.75, 3.05) is 24.7 Å². The second-order valence-corrected chi connectivity index (χ2v) is 3.69. The topological polar surface area (TPSA) is 97.5 Å². The summed E-state index contributed by atoms with van der Waals surface area (Å²) in [6.45, 7) is -0.219. The molecule has 0 saturated carbocycles. The second-order valence-electron chi connectivity index (χ2n) is 3.69. The predicted molar refractivity (Wildman–Crippen MR) is 68.8 cm³/mol. The number of rotatable bonds is 4. The molecule has 18 heavy (non-hydrogen) atoms. The van der Waals surface area contributed by atoms with E-state index in [4.69, 9.17) is 15.6 Å². The number of aromatic nitrogens is 1. The molecule has 0 saturated heterocycles. The summed E-state index contributed by atoms with van der Waals surface area (Å²) in [4.78, 5) is 14.7. The minimum atomic E-state index is -0.963. The van der Waals surface area contributed by atoms with E-state index < -0.39 is 5.97 Å². The monoisotopic (exact) mass is 247 g/mol. The number of benzene rings is 1. The fraction of sp³-hybridized carbons (Fsp3) is 0.167. The first-order valence-corrected chi connectivity index (χ1v) is 5.30. The van der Waals surface area contributed by atoms with Crippen LogP contribution < -0.4 is 15.8 Å². The summed E-state index contributed by atoms with van der Waals surface area (Å²) < 4.78 is 5.24.